The summed E-state index contributed by atoms with van der Waals surface area (Å²) in [5.74, 6) is 0. The Morgan fingerprint density at radius 3 is 2.39 bits per heavy atom. The Kier molecular flexibility index (Phi) is 3.40. The van der Waals surface area contributed by atoms with Gasteiger partial charge < -0.3 is 8.83 Å². The minimum atomic E-state index is 0.629. The molecule has 0 atom stereocenters. The van der Waals surface area contributed by atoms with E-state index in [2.05, 4.69) is 46.3 Å². The highest BCUT2D eigenvalue weighted by molar-refractivity contribution is 9.10. The molecule has 2 nitrogen and oxygen atoms in total. The second-order valence-electron chi connectivity index (χ2n) is 6.86. The average Bonchev–Trinajstić information content (AvgIpc) is 3.26. The van der Waals surface area contributed by atoms with Gasteiger partial charge in [0.25, 0.3) is 0 Å². The van der Waals surface area contributed by atoms with E-state index < -0.39 is 0 Å². The van der Waals surface area contributed by atoms with Gasteiger partial charge in [-0.25, -0.2) is 0 Å². The fourth-order valence-corrected chi connectivity index (χ4v) is 4.68. The largest absolute Gasteiger partial charge is 0.456 e. The number of halogens is 2. The van der Waals surface area contributed by atoms with Crippen LogP contribution in [0.5, 0.6) is 0 Å². The van der Waals surface area contributed by atoms with Crippen molar-refractivity contribution in [3.05, 3.63) is 82.3 Å². The third-order valence-corrected chi connectivity index (χ3v) is 6.19. The average molecular weight is 448 g/mol. The lowest BCUT2D eigenvalue weighted by molar-refractivity contribution is 0.669. The summed E-state index contributed by atoms with van der Waals surface area (Å²) in [6, 6.07) is 24.4. The Bertz CT molecular complexity index is 1540. The molecule has 0 aliphatic rings. The molecule has 0 N–H and O–H groups in total. The van der Waals surface area contributed by atoms with E-state index in [1.165, 1.54) is 0 Å². The van der Waals surface area contributed by atoms with Gasteiger partial charge in [-0.2, -0.15) is 0 Å². The smallest absolute Gasteiger partial charge is 0.153 e. The number of rotatable bonds is 1. The molecule has 2 aromatic heterocycles. The molecule has 6 rings (SSSR count). The topological polar surface area (TPSA) is 26.3 Å². The normalized spacial score (nSPS) is 11.9. The fourth-order valence-electron chi connectivity index (χ4n) is 3.91. The first-order valence-corrected chi connectivity index (χ1v) is 10.1. The van der Waals surface area contributed by atoms with Gasteiger partial charge in [-0.1, -0.05) is 57.9 Å². The van der Waals surface area contributed by atoms with Gasteiger partial charge in [0.1, 0.15) is 16.7 Å². The van der Waals surface area contributed by atoms with Crippen LogP contribution in [0.2, 0.25) is 5.02 Å². The minimum absolute atomic E-state index is 0.629. The molecule has 0 spiro atoms. The summed E-state index contributed by atoms with van der Waals surface area (Å²) < 4.78 is 13.1. The zero-order valence-corrected chi connectivity index (χ0v) is 16.8. The lowest BCUT2D eigenvalue weighted by atomic mass is 10.0. The van der Waals surface area contributed by atoms with Crippen LogP contribution < -0.4 is 0 Å². The molecule has 0 radical (unpaired) electrons. The van der Waals surface area contributed by atoms with E-state index in [0.29, 0.717) is 5.02 Å². The van der Waals surface area contributed by atoms with Gasteiger partial charge in [0.15, 0.2) is 5.58 Å². The van der Waals surface area contributed by atoms with Gasteiger partial charge >= 0.3 is 0 Å². The molecular formula is C24H12BrClO2. The van der Waals surface area contributed by atoms with Crippen LogP contribution in [-0.4, -0.2) is 0 Å². The SMILES string of the molecule is Clc1cccc2c1oc1ccc(-c3ccc4c(c3)oc3cccc(Br)c34)cc12. The number of furan rings is 2. The van der Waals surface area contributed by atoms with Crippen LogP contribution in [0.15, 0.2) is 86.1 Å². The number of benzene rings is 4. The van der Waals surface area contributed by atoms with E-state index >= 15 is 0 Å². The van der Waals surface area contributed by atoms with E-state index in [4.69, 9.17) is 20.4 Å². The van der Waals surface area contributed by atoms with Gasteiger partial charge in [-0.3, -0.25) is 0 Å². The molecule has 0 aliphatic heterocycles. The molecule has 0 saturated carbocycles. The minimum Gasteiger partial charge on any atom is -0.456 e. The fraction of sp³-hybridized carbons (Fsp3) is 0. The first kappa shape index (κ1) is 16.2. The monoisotopic (exact) mass is 446 g/mol. The molecule has 0 amide bonds. The highest BCUT2D eigenvalue weighted by Gasteiger charge is 2.13. The second-order valence-corrected chi connectivity index (χ2v) is 8.12. The van der Waals surface area contributed by atoms with Crippen LogP contribution >= 0.6 is 27.5 Å². The van der Waals surface area contributed by atoms with E-state index in [-0.39, 0.29) is 0 Å². The zero-order chi connectivity index (χ0) is 18.8. The van der Waals surface area contributed by atoms with Gasteiger partial charge in [0, 0.05) is 26.0 Å². The molecule has 0 aliphatic carbocycles. The van der Waals surface area contributed by atoms with E-state index in [0.717, 1.165) is 59.5 Å². The highest BCUT2D eigenvalue weighted by atomic mass is 79.9. The molecule has 0 unspecified atom stereocenters. The van der Waals surface area contributed by atoms with E-state index in [1.807, 2.05) is 42.5 Å². The number of para-hydroxylation sites is 1. The summed E-state index contributed by atoms with van der Waals surface area (Å²) in [4.78, 5) is 0. The molecule has 4 heteroatoms. The summed E-state index contributed by atoms with van der Waals surface area (Å²) in [6.07, 6.45) is 0. The van der Waals surface area contributed by atoms with Crippen molar-refractivity contribution in [1.82, 2.24) is 0 Å². The van der Waals surface area contributed by atoms with Crippen LogP contribution in [0.25, 0.3) is 55.0 Å². The Morgan fingerprint density at radius 2 is 1.46 bits per heavy atom. The van der Waals surface area contributed by atoms with Gasteiger partial charge in [-0.05, 0) is 53.6 Å². The van der Waals surface area contributed by atoms with Crippen molar-refractivity contribution in [2.24, 2.45) is 0 Å². The Labute approximate surface area is 173 Å². The summed E-state index contributed by atoms with van der Waals surface area (Å²) in [6.45, 7) is 0. The third-order valence-electron chi connectivity index (χ3n) is 5.23. The predicted octanol–water partition coefficient (Wildman–Crippen LogP) is 8.57. The van der Waals surface area contributed by atoms with Crippen LogP contribution in [0.1, 0.15) is 0 Å². The summed E-state index contributed by atoms with van der Waals surface area (Å²) in [7, 11) is 0. The maximum Gasteiger partial charge on any atom is 0.153 e. The van der Waals surface area contributed by atoms with Gasteiger partial charge in [-0.15, -0.1) is 0 Å². The Balaban J connectivity index is 1.59. The van der Waals surface area contributed by atoms with Crippen molar-refractivity contribution in [2.75, 3.05) is 0 Å². The van der Waals surface area contributed by atoms with Gasteiger partial charge in [0.2, 0.25) is 0 Å². The molecule has 6 aromatic rings. The molecule has 2 heterocycles. The Morgan fingerprint density at radius 1 is 0.643 bits per heavy atom. The number of hydrogen-bond donors (Lipinski definition) is 0. The maximum absolute atomic E-state index is 6.29. The molecule has 0 fully saturated rings. The van der Waals surface area contributed by atoms with Crippen molar-refractivity contribution >= 4 is 71.4 Å². The first-order chi connectivity index (χ1) is 13.7. The van der Waals surface area contributed by atoms with Gasteiger partial charge in [0.05, 0.1) is 5.02 Å². The molecule has 28 heavy (non-hydrogen) atoms. The summed E-state index contributed by atoms with van der Waals surface area (Å²) >= 11 is 9.92. The predicted molar refractivity (Wildman–Crippen MR) is 119 cm³/mol. The molecule has 0 saturated heterocycles. The van der Waals surface area contributed by atoms with Crippen LogP contribution in [-0.2, 0) is 0 Å². The number of fused-ring (bicyclic) bond motifs is 6. The first-order valence-electron chi connectivity index (χ1n) is 8.91. The quantitative estimate of drug-likeness (QED) is 0.252. The van der Waals surface area contributed by atoms with Crippen molar-refractivity contribution < 1.29 is 8.83 Å². The van der Waals surface area contributed by atoms with Crippen molar-refractivity contribution in [1.29, 1.82) is 0 Å². The zero-order valence-electron chi connectivity index (χ0n) is 14.5. The van der Waals surface area contributed by atoms with Crippen molar-refractivity contribution in [3.8, 4) is 11.1 Å². The lowest BCUT2D eigenvalue weighted by Gasteiger charge is -2.02. The summed E-state index contributed by atoms with van der Waals surface area (Å²) in [5.41, 5.74) is 5.53. The molecule has 134 valence electrons. The van der Waals surface area contributed by atoms with Crippen LogP contribution in [0.3, 0.4) is 0 Å². The molecular weight excluding hydrogens is 436 g/mol. The summed E-state index contributed by atoms with van der Waals surface area (Å²) in [5, 5.41) is 4.92. The van der Waals surface area contributed by atoms with Crippen LogP contribution in [0.4, 0.5) is 0 Å². The van der Waals surface area contributed by atoms with E-state index in [9.17, 15) is 0 Å². The number of hydrogen-bond acceptors (Lipinski definition) is 2. The molecule has 0 bridgehead atoms. The molecule has 4 aromatic carbocycles. The highest BCUT2D eigenvalue weighted by Crippen LogP contribution is 2.38. The standard InChI is InChI=1S/C24H12BrClO2/c25-18-4-2-6-21-23(18)16-9-7-14(12-22(16)27-21)13-8-10-20-17(11-13)15-3-1-5-19(26)24(15)28-20/h1-12H. The van der Waals surface area contributed by atoms with Crippen molar-refractivity contribution in [3.63, 3.8) is 0 Å². The third kappa shape index (κ3) is 2.27. The second kappa shape index (κ2) is 5.87. The van der Waals surface area contributed by atoms with Crippen molar-refractivity contribution in [2.45, 2.75) is 0 Å². The van der Waals surface area contributed by atoms with E-state index in [1.54, 1.807) is 0 Å². The maximum atomic E-state index is 6.29. The Hall–Kier alpha value is -2.75. The van der Waals surface area contributed by atoms with Crippen LogP contribution in [0, 0.1) is 0 Å². The lowest BCUT2D eigenvalue weighted by Crippen LogP contribution is -1.78.